The molecule has 2 aromatic carbocycles. The van der Waals surface area contributed by atoms with Gasteiger partial charge in [0.25, 0.3) is 0 Å². The number of para-hydroxylation sites is 1. The van der Waals surface area contributed by atoms with Gasteiger partial charge in [-0.25, -0.2) is 4.79 Å². The first kappa shape index (κ1) is 21.3. The third-order valence-electron chi connectivity index (χ3n) is 5.69. The Hall–Kier alpha value is -3.92. The molecule has 162 valence electrons. The zero-order valence-electron chi connectivity index (χ0n) is 17.9. The average Bonchev–Trinajstić information content (AvgIpc) is 2.83. The minimum atomic E-state index is -0.408. The number of rotatable bonds is 5. The fraction of sp³-hybridized carbons (Fsp3) is 0.280. The topological polar surface area (TPSA) is 95.3 Å². The van der Waals surface area contributed by atoms with Crippen LogP contribution in [-0.2, 0) is 9.53 Å². The summed E-state index contributed by atoms with van der Waals surface area (Å²) in [6.45, 7) is 3.39. The summed E-state index contributed by atoms with van der Waals surface area (Å²) in [6.07, 6.45) is 2.96. The largest absolute Gasteiger partial charge is 0.462 e. The van der Waals surface area contributed by atoms with Crippen LogP contribution < -0.4 is 10.2 Å². The molecule has 0 aliphatic carbocycles. The number of amides is 1. The molecule has 1 fully saturated rings. The van der Waals surface area contributed by atoms with Gasteiger partial charge < -0.3 is 15.0 Å². The smallest absolute Gasteiger partial charge is 0.338 e. The lowest BCUT2D eigenvalue weighted by Gasteiger charge is -2.34. The van der Waals surface area contributed by atoms with Gasteiger partial charge in [-0.2, -0.15) is 5.26 Å². The molecule has 0 saturated carbocycles. The van der Waals surface area contributed by atoms with Crippen LogP contribution in [0.5, 0.6) is 0 Å². The van der Waals surface area contributed by atoms with E-state index >= 15 is 0 Å². The van der Waals surface area contributed by atoms with Crippen LogP contribution in [0.3, 0.4) is 0 Å². The maximum atomic E-state index is 12.8. The molecule has 0 radical (unpaired) electrons. The van der Waals surface area contributed by atoms with Gasteiger partial charge in [-0.1, -0.05) is 24.3 Å². The van der Waals surface area contributed by atoms with Crippen molar-refractivity contribution in [3.05, 3.63) is 65.9 Å². The van der Waals surface area contributed by atoms with Crippen LogP contribution in [0.15, 0.2) is 54.7 Å². The lowest BCUT2D eigenvalue weighted by molar-refractivity contribution is -0.120. The predicted molar refractivity (Wildman–Crippen MR) is 122 cm³/mol. The van der Waals surface area contributed by atoms with Crippen molar-refractivity contribution >= 4 is 34.2 Å². The molecule has 0 spiro atoms. The SMILES string of the molecule is CCOC(=O)c1cccc(NC(=O)C2CCN(c3c(C#N)cnc4ccccc34)CC2)c1. The van der Waals surface area contributed by atoms with Gasteiger partial charge in [-0.05, 0) is 44.0 Å². The molecule has 7 nitrogen and oxygen atoms in total. The van der Waals surface area contributed by atoms with E-state index in [0.29, 0.717) is 49.4 Å². The fourth-order valence-corrected chi connectivity index (χ4v) is 4.10. The van der Waals surface area contributed by atoms with E-state index in [4.69, 9.17) is 4.74 Å². The van der Waals surface area contributed by atoms with Crippen molar-refractivity contribution < 1.29 is 14.3 Å². The molecular formula is C25H24N4O3. The average molecular weight is 428 g/mol. The number of anilines is 2. The van der Waals surface area contributed by atoms with Gasteiger partial charge >= 0.3 is 5.97 Å². The normalized spacial score (nSPS) is 14.1. The first-order chi connectivity index (χ1) is 15.6. The molecular weight excluding hydrogens is 404 g/mol. The van der Waals surface area contributed by atoms with Crippen molar-refractivity contribution in [2.75, 3.05) is 29.9 Å². The van der Waals surface area contributed by atoms with Gasteiger partial charge in [0.1, 0.15) is 6.07 Å². The molecule has 2 heterocycles. The number of benzene rings is 2. The Balaban J connectivity index is 1.44. The predicted octanol–water partition coefficient (Wildman–Crippen LogP) is 4.14. The molecule has 1 amide bonds. The number of nitrogens with zero attached hydrogens (tertiary/aromatic N) is 3. The second kappa shape index (κ2) is 9.48. The number of esters is 1. The van der Waals surface area contributed by atoms with Crippen LogP contribution >= 0.6 is 0 Å². The number of carbonyl (C=O) groups excluding carboxylic acids is 2. The summed E-state index contributed by atoms with van der Waals surface area (Å²) in [5.74, 6) is -0.614. The Morgan fingerprint density at radius 1 is 1.19 bits per heavy atom. The van der Waals surface area contributed by atoms with Crippen LogP contribution in [-0.4, -0.2) is 36.6 Å². The number of carbonyl (C=O) groups is 2. The van der Waals surface area contributed by atoms with E-state index in [1.807, 2.05) is 24.3 Å². The highest BCUT2D eigenvalue weighted by Crippen LogP contribution is 2.32. The number of ether oxygens (including phenoxy) is 1. The minimum Gasteiger partial charge on any atom is -0.462 e. The molecule has 1 aromatic heterocycles. The Bertz CT molecular complexity index is 1190. The Labute approximate surface area is 186 Å². The molecule has 3 aromatic rings. The van der Waals surface area contributed by atoms with Crippen molar-refractivity contribution in [3.8, 4) is 6.07 Å². The molecule has 0 bridgehead atoms. The number of fused-ring (bicyclic) bond motifs is 1. The van der Waals surface area contributed by atoms with Crippen LogP contribution in [0, 0.1) is 17.2 Å². The number of nitriles is 1. The molecule has 1 N–H and O–H groups in total. The highest BCUT2D eigenvalue weighted by molar-refractivity contribution is 5.96. The zero-order chi connectivity index (χ0) is 22.5. The van der Waals surface area contributed by atoms with E-state index in [1.165, 1.54) is 0 Å². The summed E-state index contributed by atoms with van der Waals surface area (Å²) < 4.78 is 5.02. The monoisotopic (exact) mass is 428 g/mol. The van der Waals surface area contributed by atoms with Crippen molar-refractivity contribution in [3.63, 3.8) is 0 Å². The van der Waals surface area contributed by atoms with Crippen molar-refractivity contribution in [1.82, 2.24) is 4.98 Å². The van der Waals surface area contributed by atoms with Gasteiger partial charge in [-0.3, -0.25) is 9.78 Å². The van der Waals surface area contributed by atoms with Crippen LogP contribution in [0.1, 0.15) is 35.7 Å². The fourth-order valence-electron chi connectivity index (χ4n) is 4.10. The molecule has 1 saturated heterocycles. The number of pyridine rings is 1. The third kappa shape index (κ3) is 4.40. The highest BCUT2D eigenvalue weighted by Gasteiger charge is 2.27. The van der Waals surface area contributed by atoms with Crippen molar-refractivity contribution in [1.29, 1.82) is 5.26 Å². The third-order valence-corrected chi connectivity index (χ3v) is 5.69. The van der Waals surface area contributed by atoms with Gasteiger partial charge in [-0.15, -0.1) is 0 Å². The molecule has 0 unspecified atom stereocenters. The van der Waals surface area contributed by atoms with E-state index in [2.05, 4.69) is 21.3 Å². The van der Waals surface area contributed by atoms with Crippen molar-refractivity contribution in [2.24, 2.45) is 5.92 Å². The zero-order valence-corrected chi connectivity index (χ0v) is 17.9. The van der Waals surface area contributed by atoms with Crippen LogP contribution in [0.2, 0.25) is 0 Å². The highest BCUT2D eigenvalue weighted by atomic mass is 16.5. The number of piperidine rings is 1. The number of nitrogens with one attached hydrogen (secondary N) is 1. The standard InChI is InChI=1S/C25H24N4O3/c1-2-32-25(31)18-6-5-7-20(14-18)28-24(30)17-10-12-29(13-11-17)23-19(15-26)16-27-22-9-4-3-8-21(22)23/h3-9,14,16-17H,2,10-13H2,1H3,(H,28,30). The number of hydrogen-bond acceptors (Lipinski definition) is 6. The first-order valence-corrected chi connectivity index (χ1v) is 10.7. The second-order valence-corrected chi connectivity index (χ2v) is 7.70. The van der Waals surface area contributed by atoms with E-state index in [1.54, 1.807) is 37.4 Å². The van der Waals surface area contributed by atoms with E-state index in [9.17, 15) is 14.9 Å². The van der Waals surface area contributed by atoms with E-state index in [0.717, 1.165) is 16.6 Å². The summed E-state index contributed by atoms with van der Waals surface area (Å²) in [5.41, 5.74) is 3.27. The second-order valence-electron chi connectivity index (χ2n) is 7.70. The summed E-state index contributed by atoms with van der Waals surface area (Å²) in [5, 5.41) is 13.5. The van der Waals surface area contributed by atoms with Crippen molar-refractivity contribution in [2.45, 2.75) is 19.8 Å². The lowest BCUT2D eigenvalue weighted by Crippen LogP contribution is -2.38. The Morgan fingerprint density at radius 2 is 1.97 bits per heavy atom. The summed E-state index contributed by atoms with van der Waals surface area (Å²) >= 11 is 0. The summed E-state index contributed by atoms with van der Waals surface area (Å²) in [7, 11) is 0. The van der Waals surface area contributed by atoms with E-state index < -0.39 is 5.97 Å². The first-order valence-electron chi connectivity index (χ1n) is 10.7. The quantitative estimate of drug-likeness (QED) is 0.614. The maximum absolute atomic E-state index is 12.8. The number of hydrogen-bond donors (Lipinski definition) is 1. The molecule has 1 aliphatic heterocycles. The van der Waals surface area contributed by atoms with Gasteiger partial charge in [0.15, 0.2) is 0 Å². The van der Waals surface area contributed by atoms with Gasteiger partial charge in [0, 0.05) is 36.3 Å². The van der Waals surface area contributed by atoms with E-state index in [-0.39, 0.29) is 11.8 Å². The molecule has 4 rings (SSSR count). The molecule has 7 heteroatoms. The summed E-state index contributed by atoms with van der Waals surface area (Å²) in [6, 6.07) is 16.8. The Morgan fingerprint density at radius 3 is 2.72 bits per heavy atom. The maximum Gasteiger partial charge on any atom is 0.338 e. The van der Waals surface area contributed by atoms with Gasteiger partial charge in [0.2, 0.25) is 5.91 Å². The molecule has 32 heavy (non-hydrogen) atoms. The lowest BCUT2D eigenvalue weighted by atomic mass is 9.94. The Kier molecular flexibility index (Phi) is 6.31. The molecule has 1 aliphatic rings. The minimum absolute atomic E-state index is 0.0641. The number of aromatic nitrogens is 1. The van der Waals surface area contributed by atoms with Crippen LogP contribution in [0.25, 0.3) is 10.9 Å². The van der Waals surface area contributed by atoms with Gasteiger partial charge in [0.05, 0.1) is 28.9 Å². The summed E-state index contributed by atoms with van der Waals surface area (Å²) in [4.78, 5) is 31.3. The molecule has 0 atom stereocenters. The van der Waals surface area contributed by atoms with Crippen LogP contribution in [0.4, 0.5) is 11.4 Å².